The van der Waals surface area contributed by atoms with E-state index in [0.717, 1.165) is 58.4 Å². The second kappa shape index (κ2) is 13.7. The minimum Gasteiger partial charge on any atom is -0.489 e. The van der Waals surface area contributed by atoms with Gasteiger partial charge in [0.25, 0.3) is 5.91 Å². The van der Waals surface area contributed by atoms with E-state index >= 15 is 0 Å². The average Bonchev–Trinajstić information content (AvgIpc) is 3.02. The van der Waals surface area contributed by atoms with Crippen molar-refractivity contribution in [2.45, 2.75) is 97.8 Å². The van der Waals surface area contributed by atoms with Crippen LogP contribution in [0.2, 0.25) is 5.02 Å². The highest BCUT2D eigenvalue weighted by Crippen LogP contribution is 2.55. The minimum absolute atomic E-state index is 0.0740. The second-order valence-electron chi connectivity index (χ2n) is 15.9. The van der Waals surface area contributed by atoms with Gasteiger partial charge in [-0.25, -0.2) is 4.79 Å². The van der Waals surface area contributed by atoms with Gasteiger partial charge in [0.15, 0.2) is 0 Å². The van der Waals surface area contributed by atoms with Crippen molar-refractivity contribution in [3.63, 3.8) is 0 Å². The maximum absolute atomic E-state index is 13.4. The lowest BCUT2D eigenvalue weighted by Gasteiger charge is -2.63. The van der Waals surface area contributed by atoms with Gasteiger partial charge in [-0.2, -0.15) is 5.26 Å². The maximum atomic E-state index is 13.4. The van der Waals surface area contributed by atoms with Crippen molar-refractivity contribution in [3.8, 4) is 11.8 Å². The van der Waals surface area contributed by atoms with Crippen molar-refractivity contribution in [3.05, 3.63) is 64.2 Å². The first kappa shape index (κ1) is 35.0. The molecule has 0 unspecified atom stereocenters. The molecule has 2 heterocycles. The zero-order valence-electron chi connectivity index (χ0n) is 29.1. The lowest BCUT2D eigenvalue weighted by molar-refractivity contribution is -0.164. The average molecular weight is 663 g/mol. The molecule has 2 saturated heterocycles. The van der Waals surface area contributed by atoms with Gasteiger partial charge in [0.05, 0.1) is 10.6 Å². The summed E-state index contributed by atoms with van der Waals surface area (Å²) in [7, 11) is 0. The molecule has 0 atom stereocenters. The number of carbonyl (C=O) groups excluding carboxylic acids is 2. The molecule has 2 aromatic rings. The first-order valence-corrected chi connectivity index (χ1v) is 17.4. The Hall–Kier alpha value is -3.28. The van der Waals surface area contributed by atoms with Gasteiger partial charge < -0.3 is 24.6 Å². The number of benzene rings is 2. The second-order valence-corrected chi connectivity index (χ2v) is 16.3. The van der Waals surface area contributed by atoms with E-state index in [2.05, 4.69) is 56.1 Å². The molecule has 2 amide bonds. The van der Waals surface area contributed by atoms with Crippen LogP contribution in [0.25, 0.3) is 0 Å². The molecule has 0 aromatic heterocycles. The van der Waals surface area contributed by atoms with E-state index in [1.165, 1.54) is 5.56 Å². The van der Waals surface area contributed by atoms with E-state index in [9.17, 15) is 14.9 Å². The van der Waals surface area contributed by atoms with Crippen molar-refractivity contribution in [1.82, 2.24) is 15.1 Å². The Balaban J connectivity index is 1.08. The molecule has 1 saturated carbocycles. The molecule has 0 spiro atoms. The molecule has 3 aliphatic rings. The van der Waals surface area contributed by atoms with Crippen LogP contribution in [0.1, 0.15) is 102 Å². The summed E-state index contributed by atoms with van der Waals surface area (Å²) < 4.78 is 11.9. The van der Waals surface area contributed by atoms with E-state index in [-0.39, 0.29) is 35.0 Å². The van der Waals surface area contributed by atoms with E-state index in [1.807, 2.05) is 37.8 Å². The van der Waals surface area contributed by atoms with Gasteiger partial charge in [-0.3, -0.25) is 4.79 Å². The summed E-state index contributed by atoms with van der Waals surface area (Å²) in [6, 6.07) is 15.3. The highest BCUT2D eigenvalue weighted by atomic mass is 35.5. The number of piperidine rings is 2. The fourth-order valence-corrected chi connectivity index (χ4v) is 8.37. The van der Waals surface area contributed by atoms with Crippen molar-refractivity contribution in [2.75, 3.05) is 32.7 Å². The van der Waals surface area contributed by atoms with Crippen LogP contribution in [0, 0.1) is 28.1 Å². The smallest absolute Gasteiger partial charge is 0.410 e. The molecule has 1 N–H and O–H groups in total. The van der Waals surface area contributed by atoms with Gasteiger partial charge in [-0.05, 0) is 101 Å². The van der Waals surface area contributed by atoms with Crippen LogP contribution < -0.4 is 10.1 Å². The maximum Gasteiger partial charge on any atom is 0.410 e. The predicted octanol–water partition coefficient (Wildman–Crippen LogP) is 7.65. The third-order valence-electron chi connectivity index (χ3n) is 10.4. The Kier molecular flexibility index (Phi) is 10.2. The lowest BCUT2D eigenvalue weighted by Crippen LogP contribution is -2.74. The molecular formula is C38H51ClN4O4. The number of nitrogens with zero attached hydrogens (tertiary/aromatic N) is 3. The Labute approximate surface area is 285 Å². The normalized spacial score (nSPS) is 23.3. The minimum atomic E-state index is -0.457. The summed E-state index contributed by atoms with van der Waals surface area (Å²) in [5.41, 5.74) is 1.29. The molecule has 47 heavy (non-hydrogen) atoms. The number of nitriles is 1. The van der Waals surface area contributed by atoms with Crippen molar-refractivity contribution in [2.24, 2.45) is 16.7 Å². The van der Waals surface area contributed by atoms with Crippen LogP contribution in [0.4, 0.5) is 4.79 Å². The molecule has 0 radical (unpaired) electrons. The van der Waals surface area contributed by atoms with Crippen molar-refractivity contribution in [1.29, 1.82) is 5.26 Å². The fourth-order valence-electron chi connectivity index (χ4n) is 8.16. The number of rotatable bonds is 7. The number of hydrogen-bond donors (Lipinski definition) is 1. The third kappa shape index (κ3) is 7.90. The topological polar surface area (TPSA) is 94.9 Å². The number of halogens is 1. The van der Waals surface area contributed by atoms with Gasteiger partial charge in [-0.15, -0.1) is 0 Å². The number of amides is 2. The van der Waals surface area contributed by atoms with Gasteiger partial charge in [-0.1, -0.05) is 51.4 Å². The number of hydrogen-bond acceptors (Lipinski definition) is 6. The van der Waals surface area contributed by atoms with E-state index in [1.54, 1.807) is 18.2 Å². The summed E-state index contributed by atoms with van der Waals surface area (Å²) in [4.78, 5) is 30.2. The van der Waals surface area contributed by atoms with Gasteiger partial charge in [0.1, 0.15) is 23.5 Å². The highest BCUT2D eigenvalue weighted by Gasteiger charge is 2.64. The lowest BCUT2D eigenvalue weighted by atomic mass is 9.49. The SMILES string of the molecule is CC(C)(C)OC(=O)N1CCC(CN2CCC(c3ccc(C(=O)NC4C(C)(C)C(Oc5ccc(C#N)c(Cl)c5)C4(C)C)cc3)CC2)CC1. The molecule has 0 bridgehead atoms. The summed E-state index contributed by atoms with van der Waals surface area (Å²) in [6.07, 6.45) is 3.93. The first-order chi connectivity index (χ1) is 22.1. The molecule has 2 aliphatic heterocycles. The number of nitrogens with one attached hydrogen (secondary N) is 1. The fraction of sp³-hybridized carbons (Fsp3) is 0.605. The Morgan fingerprint density at radius 1 is 0.957 bits per heavy atom. The van der Waals surface area contributed by atoms with Crippen LogP contribution in [0.15, 0.2) is 42.5 Å². The molecule has 254 valence electrons. The molecule has 9 heteroatoms. The first-order valence-electron chi connectivity index (χ1n) is 17.1. The highest BCUT2D eigenvalue weighted by molar-refractivity contribution is 6.31. The Morgan fingerprint density at radius 3 is 2.13 bits per heavy atom. The summed E-state index contributed by atoms with van der Waals surface area (Å²) in [5, 5.41) is 12.8. The Bertz CT molecular complexity index is 1460. The van der Waals surface area contributed by atoms with Gasteiger partial charge >= 0.3 is 6.09 Å². The van der Waals surface area contributed by atoms with Crippen LogP contribution in [-0.2, 0) is 4.74 Å². The quantitative estimate of drug-likeness (QED) is 0.327. The summed E-state index contributed by atoms with van der Waals surface area (Å²) in [5.74, 6) is 1.66. The van der Waals surface area contributed by atoms with Crippen molar-refractivity contribution < 1.29 is 19.1 Å². The number of carbonyl (C=O) groups is 2. The number of ether oxygens (including phenoxy) is 2. The van der Waals surface area contributed by atoms with E-state index < -0.39 is 5.60 Å². The molecule has 1 aliphatic carbocycles. The van der Waals surface area contributed by atoms with E-state index in [4.69, 9.17) is 21.1 Å². The predicted molar refractivity (Wildman–Crippen MR) is 185 cm³/mol. The number of likely N-dealkylation sites (tertiary alicyclic amines) is 2. The zero-order chi connectivity index (χ0) is 34.1. The van der Waals surface area contributed by atoms with E-state index in [0.29, 0.717) is 33.7 Å². The third-order valence-corrected chi connectivity index (χ3v) is 10.8. The molecule has 8 nitrogen and oxygen atoms in total. The molecule has 3 fully saturated rings. The molecule has 5 rings (SSSR count). The van der Waals surface area contributed by atoms with Crippen molar-refractivity contribution >= 4 is 23.6 Å². The van der Waals surface area contributed by atoms with Gasteiger partial charge in [0, 0.05) is 48.1 Å². The van der Waals surface area contributed by atoms with Crippen LogP contribution in [0.3, 0.4) is 0 Å². The molecule has 2 aromatic carbocycles. The largest absolute Gasteiger partial charge is 0.489 e. The summed E-state index contributed by atoms with van der Waals surface area (Å²) in [6.45, 7) is 19.0. The Morgan fingerprint density at radius 2 is 1.57 bits per heavy atom. The monoisotopic (exact) mass is 662 g/mol. The zero-order valence-corrected chi connectivity index (χ0v) is 29.8. The van der Waals surface area contributed by atoms with Crippen LogP contribution >= 0.6 is 11.6 Å². The van der Waals surface area contributed by atoms with Crippen LogP contribution in [-0.4, -0.2) is 72.3 Å². The summed E-state index contributed by atoms with van der Waals surface area (Å²) >= 11 is 6.24. The van der Waals surface area contributed by atoms with Gasteiger partial charge in [0.2, 0.25) is 0 Å². The van der Waals surface area contributed by atoms with Crippen LogP contribution in [0.5, 0.6) is 5.75 Å². The standard InChI is InChI=1S/C38H51ClN4O4/c1-36(2,3)47-35(45)43-20-14-25(15-21-43)24-42-18-16-27(17-19-42)26-8-10-28(11-9-26)32(44)41-33-37(4,5)34(38(33,6)7)46-30-13-12-29(23-40)31(39)22-30/h8-13,22,25,27,33-34H,14-21,24H2,1-7H3,(H,41,44). The molecular weight excluding hydrogens is 612 g/mol.